The van der Waals surface area contributed by atoms with E-state index in [0.717, 1.165) is 0 Å². The molecular weight excluding hydrogens is 202 g/mol. The molecule has 84 valence electrons. The molecule has 0 saturated carbocycles. The Hall–Kier alpha value is -1.47. The molecule has 0 amide bonds. The number of hydrogen-bond donors (Lipinski definition) is 2. The Morgan fingerprint density at radius 2 is 2.47 bits per heavy atom. The van der Waals surface area contributed by atoms with Crippen molar-refractivity contribution in [3.63, 3.8) is 0 Å². The number of nitrogens with one attached hydrogen (secondary N) is 1. The van der Waals surface area contributed by atoms with E-state index < -0.39 is 12.0 Å². The van der Waals surface area contributed by atoms with Crippen molar-refractivity contribution in [2.75, 3.05) is 13.7 Å². The summed E-state index contributed by atoms with van der Waals surface area (Å²) in [5, 5.41) is 15.1. The van der Waals surface area contributed by atoms with E-state index in [1.165, 1.54) is 7.11 Å². The average Bonchev–Trinajstić information content (AvgIpc) is 2.58. The fourth-order valence-corrected chi connectivity index (χ4v) is 1.01. The first-order valence-corrected chi connectivity index (χ1v) is 4.37. The van der Waals surface area contributed by atoms with Gasteiger partial charge in [0.15, 0.2) is 5.82 Å². The van der Waals surface area contributed by atoms with Gasteiger partial charge >= 0.3 is 5.97 Å². The molecule has 0 aliphatic heterocycles. The molecule has 0 aromatic carbocycles. The maximum absolute atomic E-state index is 10.7. The molecule has 0 radical (unpaired) electrons. The third kappa shape index (κ3) is 3.64. The van der Waals surface area contributed by atoms with E-state index in [9.17, 15) is 4.79 Å². The van der Waals surface area contributed by atoms with Crippen LogP contribution in [0.4, 0.5) is 0 Å². The second kappa shape index (κ2) is 5.42. The lowest BCUT2D eigenvalue weighted by Gasteiger charge is -2.11. The van der Waals surface area contributed by atoms with Crippen molar-refractivity contribution in [1.29, 1.82) is 0 Å². The third-order valence-electron chi connectivity index (χ3n) is 1.70. The van der Waals surface area contributed by atoms with Crippen molar-refractivity contribution < 1.29 is 19.2 Å². The van der Waals surface area contributed by atoms with Crippen LogP contribution in [-0.4, -0.2) is 41.0 Å². The molecule has 7 nitrogen and oxygen atoms in total. The molecule has 1 aromatic heterocycles. The van der Waals surface area contributed by atoms with Gasteiger partial charge in [0, 0.05) is 7.11 Å². The molecule has 1 atom stereocenters. The van der Waals surface area contributed by atoms with E-state index in [1.54, 1.807) is 6.92 Å². The zero-order chi connectivity index (χ0) is 11.3. The summed E-state index contributed by atoms with van der Waals surface area (Å²) in [6.45, 7) is 1.99. The maximum atomic E-state index is 10.7. The number of aliphatic carboxylic acids is 1. The lowest BCUT2D eigenvalue weighted by atomic mass is 10.3. The summed E-state index contributed by atoms with van der Waals surface area (Å²) < 4.78 is 9.56. The van der Waals surface area contributed by atoms with Crippen molar-refractivity contribution >= 4 is 5.97 Å². The number of carboxylic acid groups (broad SMARTS) is 1. The number of nitrogens with zero attached hydrogens (tertiary/aromatic N) is 2. The summed E-state index contributed by atoms with van der Waals surface area (Å²) in [6.07, 6.45) is 0. The van der Waals surface area contributed by atoms with E-state index in [2.05, 4.69) is 15.5 Å². The van der Waals surface area contributed by atoms with Gasteiger partial charge in [-0.1, -0.05) is 5.16 Å². The van der Waals surface area contributed by atoms with Crippen LogP contribution in [0.2, 0.25) is 0 Å². The van der Waals surface area contributed by atoms with Crippen LogP contribution in [0.1, 0.15) is 11.7 Å². The Balaban J connectivity index is 2.43. The molecule has 0 aliphatic rings. The van der Waals surface area contributed by atoms with Gasteiger partial charge in [0.05, 0.1) is 13.2 Å². The molecule has 2 N–H and O–H groups in total. The summed E-state index contributed by atoms with van der Waals surface area (Å²) in [5.41, 5.74) is 0. The predicted molar refractivity (Wildman–Crippen MR) is 49.2 cm³/mol. The fraction of sp³-hybridized carbons (Fsp3) is 0.625. The van der Waals surface area contributed by atoms with Gasteiger partial charge in [0.1, 0.15) is 6.04 Å². The second-order valence-corrected chi connectivity index (χ2v) is 2.96. The first-order chi connectivity index (χ1) is 7.13. The summed E-state index contributed by atoms with van der Waals surface area (Å²) in [4.78, 5) is 14.6. The minimum Gasteiger partial charge on any atom is -0.480 e. The molecule has 7 heteroatoms. The molecule has 15 heavy (non-hydrogen) atoms. The number of carboxylic acids is 1. The van der Waals surface area contributed by atoms with Crippen LogP contribution in [0.15, 0.2) is 4.52 Å². The molecule has 1 rings (SSSR count). The summed E-state index contributed by atoms with van der Waals surface area (Å²) in [5.74, 6) is -0.103. The van der Waals surface area contributed by atoms with Gasteiger partial charge in [-0.05, 0) is 6.92 Å². The highest BCUT2D eigenvalue weighted by molar-refractivity contribution is 5.73. The normalized spacial score (nSPS) is 12.7. The van der Waals surface area contributed by atoms with Crippen molar-refractivity contribution in [3.8, 4) is 0 Å². The molecule has 0 spiro atoms. The molecular formula is C8H13N3O4. The second-order valence-electron chi connectivity index (χ2n) is 2.96. The highest BCUT2D eigenvalue weighted by Crippen LogP contribution is 1.96. The Kier molecular flexibility index (Phi) is 4.19. The quantitative estimate of drug-likeness (QED) is 0.664. The van der Waals surface area contributed by atoms with Crippen molar-refractivity contribution in [2.24, 2.45) is 0 Å². The largest absolute Gasteiger partial charge is 0.480 e. The highest BCUT2D eigenvalue weighted by Gasteiger charge is 2.17. The van der Waals surface area contributed by atoms with E-state index in [0.29, 0.717) is 11.7 Å². The average molecular weight is 215 g/mol. The SMILES string of the molecule is COCC(NCc1nc(C)no1)C(=O)O. The van der Waals surface area contributed by atoms with Gasteiger partial charge in [-0.2, -0.15) is 4.98 Å². The van der Waals surface area contributed by atoms with Crippen LogP contribution in [0.5, 0.6) is 0 Å². The predicted octanol–water partition coefficient (Wildman–Crippen LogP) is -0.433. The Morgan fingerprint density at radius 1 is 1.73 bits per heavy atom. The molecule has 0 aliphatic carbocycles. The maximum Gasteiger partial charge on any atom is 0.323 e. The van der Waals surface area contributed by atoms with E-state index >= 15 is 0 Å². The van der Waals surface area contributed by atoms with Crippen LogP contribution in [0.3, 0.4) is 0 Å². The Labute approximate surface area is 86.4 Å². The molecule has 0 bridgehead atoms. The number of ether oxygens (including phenoxy) is 1. The van der Waals surface area contributed by atoms with Gasteiger partial charge in [0.25, 0.3) is 0 Å². The van der Waals surface area contributed by atoms with E-state index in [4.69, 9.17) is 14.4 Å². The van der Waals surface area contributed by atoms with Gasteiger partial charge in [-0.15, -0.1) is 0 Å². The number of rotatable bonds is 6. The number of hydrogen-bond acceptors (Lipinski definition) is 6. The monoisotopic (exact) mass is 215 g/mol. The minimum atomic E-state index is -0.979. The minimum absolute atomic E-state index is 0.0858. The summed E-state index contributed by atoms with van der Waals surface area (Å²) >= 11 is 0. The lowest BCUT2D eigenvalue weighted by Crippen LogP contribution is -2.39. The van der Waals surface area contributed by atoms with Gasteiger partial charge < -0.3 is 14.4 Å². The molecule has 1 heterocycles. The van der Waals surface area contributed by atoms with Crippen LogP contribution in [0.25, 0.3) is 0 Å². The van der Waals surface area contributed by atoms with E-state index in [-0.39, 0.29) is 13.2 Å². The first-order valence-electron chi connectivity index (χ1n) is 4.37. The Bertz CT molecular complexity index is 325. The molecule has 1 aromatic rings. The van der Waals surface area contributed by atoms with Crippen molar-refractivity contribution in [2.45, 2.75) is 19.5 Å². The van der Waals surface area contributed by atoms with Gasteiger partial charge in [-0.3, -0.25) is 10.1 Å². The molecule has 0 fully saturated rings. The third-order valence-corrected chi connectivity index (χ3v) is 1.70. The van der Waals surface area contributed by atoms with E-state index in [1.807, 2.05) is 0 Å². The summed E-state index contributed by atoms with van der Waals surface area (Å²) in [7, 11) is 1.44. The molecule has 0 saturated heterocycles. The van der Waals surface area contributed by atoms with Crippen molar-refractivity contribution in [1.82, 2.24) is 15.5 Å². The zero-order valence-electron chi connectivity index (χ0n) is 8.56. The highest BCUT2D eigenvalue weighted by atomic mass is 16.5. The fourth-order valence-electron chi connectivity index (χ4n) is 1.01. The van der Waals surface area contributed by atoms with Gasteiger partial charge in [0.2, 0.25) is 5.89 Å². The number of methoxy groups -OCH3 is 1. The lowest BCUT2D eigenvalue weighted by molar-refractivity contribution is -0.140. The number of carbonyl (C=O) groups is 1. The van der Waals surface area contributed by atoms with Crippen LogP contribution < -0.4 is 5.32 Å². The van der Waals surface area contributed by atoms with Gasteiger partial charge in [-0.25, -0.2) is 0 Å². The standard InChI is InChI=1S/C8H13N3O4/c1-5-10-7(15-11-5)3-9-6(4-14-2)8(12)13/h6,9H,3-4H2,1-2H3,(H,12,13). The van der Waals surface area contributed by atoms with Crippen LogP contribution in [0, 0.1) is 6.92 Å². The van der Waals surface area contributed by atoms with Crippen LogP contribution >= 0.6 is 0 Å². The summed E-state index contributed by atoms with van der Waals surface area (Å²) in [6, 6.07) is -0.776. The Morgan fingerprint density at radius 3 is 2.93 bits per heavy atom. The number of aryl methyl sites for hydroxylation is 1. The molecule has 1 unspecified atom stereocenters. The van der Waals surface area contributed by atoms with Crippen LogP contribution in [-0.2, 0) is 16.1 Å². The topological polar surface area (TPSA) is 97.5 Å². The smallest absolute Gasteiger partial charge is 0.323 e. The first kappa shape index (κ1) is 11.6. The van der Waals surface area contributed by atoms with Crippen molar-refractivity contribution in [3.05, 3.63) is 11.7 Å². The number of aromatic nitrogens is 2. The zero-order valence-corrected chi connectivity index (χ0v) is 8.56.